The van der Waals surface area contributed by atoms with E-state index in [4.69, 9.17) is 14.2 Å². The first-order valence-corrected chi connectivity index (χ1v) is 12.1. The first kappa shape index (κ1) is 24.5. The minimum absolute atomic E-state index is 0.0972. The lowest BCUT2D eigenvalue weighted by molar-refractivity contribution is -0.143. The van der Waals surface area contributed by atoms with Gasteiger partial charge in [-0.1, -0.05) is 43.7 Å². The van der Waals surface area contributed by atoms with E-state index >= 15 is 0 Å². The SMILES string of the molecule is CCCC1OCCc2c1[nH]c1c(C)c(C(=O)OCc3ccccc3)cc(C(C#N)C(=O)OCC)c21. The number of aryl methyl sites for hydroxylation is 1. The summed E-state index contributed by atoms with van der Waals surface area (Å²) in [6.07, 6.45) is 2.35. The van der Waals surface area contributed by atoms with Crippen molar-refractivity contribution in [2.24, 2.45) is 0 Å². The van der Waals surface area contributed by atoms with E-state index in [0.717, 1.165) is 40.6 Å². The number of nitrogens with zero attached hydrogens (tertiary/aromatic N) is 1. The molecule has 35 heavy (non-hydrogen) atoms. The molecule has 2 heterocycles. The summed E-state index contributed by atoms with van der Waals surface area (Å²) in [5.41, 5.74) is 5.09. The topological polar surface area (TPSA) is 101 Å². The van der Waals surface area contributed by atoms with Crippen LogP contribution >= 0.6 is 0 Å². The number of benzene rings is 2. The molecule has 7 heteroatoms. The largest absolute Gasteiger partial charge is 0.465 e. The normalized spacial score (nSPS) is 15.8. The molecule has 1 N–H and O–H groups in total. The molecule has 0 fully saturated rings. The Balaban J connectivity index is 1.85. The van der Waals surface area contributed by atoms with E-state index in [1.54, 1.807) is 13.0 Å². The summed E-state index contributed by atoms with van der Waals surface area (Å²) < 4.78 is 16.8. The van der Waals surface area contributed by atoms with Gasteiger partial charge in [-0.3, -0.25) is 4.79 Å². The first-order chi connectivity index (χ1) is 17.0. The van der Waals surface area contributed by atoms with Crippen LogP contribution in [0.1, 0.15) is 77.0 Å². The van der Waals surface area contributed by atoms with E-state index < -0.39 is 17.9 Å². The van der Waals surface area contributed by atoms with Crippen LogP contribution in [0.4, 0.5) is 0 Å². The number of carbonyl (C=O) groups excluding carboxylic acids is 2. The third kappa shape index (κ3) is 4.80. The van der Waals surface area contributed by atoms with Gasteiger partial charge in [-0.05, 0) is 55.0 Å². The lowest BCUT2D eigenvalue weighted by Crippen LogP contribution is -2.18. The van der Waals surface area contributed by atoms with E-state index in [0.29, 0.717) is 29.7 Å². The van der Waals surface area contributed by atoms with Gasteiger partial charge in [0, 0.05) is 11.1 Å². The Kier molecular flexibility index (Phi) is 7.52. The van der Waals surface area contributed by atoms with Gasteiger partial charge in [0.2, 0.25) is 0 Å². The molecule has 3 aromatic rings. The van der Waals surface area contributed by atoms with Crippen LogP contribution in [0, 0.1) is 18.3 Å². The molecule has 7 nitrogen and oxygen atoms in total. The van der Waals surface area contributed by atoms with Crippen LogP contribution in [-0.4, -0.2) is 30.1 Å². The smallest absolute Gasteiger partial charge is 0.338 e. The molecule has 0 saturated heterocycles. The fourth-order valence-electron chi connectivity index (χ4n) is 4.75. The van der Waals surface area contributed by atoms with E-state index in [1.165, 1.54) is 0 Å². The monoisotopic (exact) mass is 474 g/mol. The van der Waals surface area contributed by atoms with E-state index in [-0.39, 0.29) is 19.3 Å². The van der Waals surface area contributed by atoms with Crippen LogP contribution in [0.25, 0.3) is 10.9 Å². The molecule has 0 radical (unpaired) electrons. The number of nitriles is 1. The Bertz CT molecular complexity index is 1270. The Morgan fingerprint density at radius 3 is 2.69 bits per heavy atom. The highest BCUT2D eigenvalue weighted by Gasteiger charge is 2.32. The molecule has 182 valence electrons. The maximum Gasteiger partial charge on any atom is 0.338 e. The molecule has 0 amide bonds. The molecule has 1 aromatic heterocycles. The summed E-state index contributed by atoms with van der Waals surface area (Å²) in [5, 5.41) is 10.8. The minimum Gasteiger partial charge on any atom is -0.465 e. The lowest BCUT2D eigenvalue weighted by Gasteiger charge is -2.23. The summed E-state index contributed by atoms with van der Waals surface area (Å²) in [6.45, 7) is 6.50. The fourth-order valence-corrected chi connectivity index (χ4v) is 4.75. The maximum atomic E-state index is 13.2. The standard InChI is InChI=1S/C28H30N2O5/c1-4-9-23-26-19(12-13-34-23)24-21(22(15-29)28(32)33-5-2)14-20(17(3)25(24)30-26)27(31)35-16-18-10-7-6-8-11-18/h6-8,10-11,14,22-23,30H,4-5,9,12-13,16H2,1-3H3. The van der Waals surface area contributed by atoms with Crippen molar-refractivity contribution in [2.45, 2.75) is 58.7 Å². The van der Waals surface area contributed by atoms with Crippen LogP contribution in [0.15, 0.2) is 36.4 Å². The predicted octanol–water partition coefficient (Wildman–Crippen LogP) is 5.42. The highest BCUT2D eigenvalue weighted by Crippen LogP contribution is 2.41. The van der Waals surface area contributed by atoms with Crippen molar-refractivity contribution >= 4 is 22.8 Å². The van der Waals surface area contributed by atoms with Gasteiger partial charge in [0.05, 0.1) is 36.5 Å². The van der Waals surface area contributed by atoms with Crippen molar-refractivity contribution in [3.05, 3.63) is 69.9 Å². The van der Waals surface area contributed by atoms with Crippen molar-refractivity contribution < 1.29 is 23.8 Å². The van der Waals surface area contributed by atoms with Crippen molar-refractivity contribution in [1.82, 2.24) is 4.98 Å². The summed E-state index contributed by atoms with van der Waals surface area (Å²) in [6, 6.07) is 13.2. The van der Waals surface area contributed by atoms with Crippen LogP contribution in [0.2, 0.25) is 0 Å². The molecule has 2 aromatic carbocycles. The van der Waals surface area contributed by atoms with Crippen molar-refractivity contribution in [3.8, 4) is 6.07 Å². The number of carbonyl (C=O) groups is 2. The van der Waals surface area contributed by atoms with Crippen molar-refractivity contribution in [2.75, 3.05) is 13.2 Å². The van der Waals surface area contributed by atoms with Crippen LogP contribution in [0.3, 0.4) is 0 Å². The third-order valence-electron chi connectivity index (χ3n) is 6.44. The summed E-state index contributed by atoms with van der Waals surface area (Å²) in [4.78, 5) is 29.4. The molecule has 1 aliphatic heterocycles. The van der Waals surface area contributed by atoms with Crippen LogP contribution in [0.5, 0.6) is 0 Å². The summed E-state index contributed by atoms with van der Waals surface area (Å²) in [5.74, 6) is -2.30. The Labute approximate surface area is 205 Å². The number of aromatic nitrogens is 1. The number of rotatable bonds is 8. The fraction of sp³-hybridized carbons (Fsp3) is 0.393. The Hall–Kier alpha value is -3.63. The number of nitrogens with one attached hydrogen (secondary N) is 1. The van der Waals surface area contributed by atoms with E-state index in [9.17, 15) is 14.9 Å². The van der Waals surface area contributed by atoms with Gasteiger partial charge in [0.15, 0.2) is 5.92 Å². The zero-order valence-corrected chi connectivity index (χ0v) is 20.3. The molecule has 2 atom stereocenters. The molecule has 0 aliphatic carbocycles. The predicted molar refractivity (Wildman–Crippen MR) is 131 cm³/mol. The molecule has 2 unspecified atom stereocenters. The number of fused-ring (bicyclic) bond motifs is 3. The van der Waals surface area contributed by atoms with Crippen molar-refractivity contribution in [1.29, 1.82) is 5.26 Å². The van der Waals surface area contributed by atoms with Gasteiger partial charge < -0.3 is 19.2 Å². The second-order valence-corrected chi connectivity index (χ2v) is 8.68. The summed E-state index contributed by atoms with van der Waals surface area (Å²) in [7, 11) is 0. The number of ether oxygens (including phenoxy) is 3. The highest BCUT2D eigenvalue weighted by atomic mass is 16.5. The average Bonchev–Trinajstić information content (AvgIpc) is 3.27. The molecule has 0 bridgehead atoms. The first-order valence-electron chi connectivity index (χ1n) is 12.1. The van der Waals surface area contributed by atoms with E-state index in [1.807, 2.05) is 37.3 Å². The second kappa shape index (κ2) is 10.7. The number of H-pyrrole nitrogens is 1. The van der Waals surface area contributed by atoms with Gasteiger partial charge in [-0.25, -0.2) is 4.79 Å². The number of esters is 2. The Morgan fingerprint density at radius 1 is 1.23 bits per heavy atom. The second-order valence-electron chi connectivity index (χ2n) is 8.68. The van der Waals surface area contributed by atoms with Gasteiger partial charge in [0.1, 0.15) is 6.61 Å². The molecule has 0 spiro atoms. The molecule has 4 rings (SSSR count). The van der Waals surface area contributed by atoms with E-state index in [2.05, 4.69) is 18.0 Å². The molecular formula is C28H30N2O5. The zero-order valence-electron chi connectivity index (χ0n) is 20.3. The minimum atomic E-state index is -1.16. The molecular weight excluding hydrogens is 444 g/mol. The van der Waals surface area contributed by atoms with Crippen LogP contribution < -0.4 is 0 Å². The number of hydrogen-bond acceptors (Lipinski definition) is 6. The van der Waals surface area contributed by atoms with Gasteiger partial charge in [-0.2, -0.15) is 5.26 Å². The molecule has 0 saturated carbocycles. The maximum absolute atomic E-state index is 13.2. The highest BCUT2D eigenvalue weighted by molar-refractivity contribution is 6.03. The van der Waals surface area contributed by atoms with Gasteiger partial charge in [-0.15, -0.1) is 0 Å². The lowest BCUT2D eigenvalue weighted by atomic mass is 9.88. The zero-order chi connectivity index (χ0) is 24.9. The van der Waals surface area contributed by atoms with Gasteiger partial charge >= 0.3 is 11.9 Å². The van der Waals surface area contributed by atoms with Crippen molar-refractivity contribution in [3.63, 3.8) is 0 Å². The number of hydrogen-bond donors (Lipinski definition) is 1. The summed E-state index contributed by atoms with van der Waals surface area (Å²) >= 11 is 0. The number of aromatic amines is 1. The third-order valence-corrected chi connectivity index (χ3v) is 6.44. The Morgan fingerprint density at radius 2 is 2.00 bits per heavy atom. The molecule has 1 aliphatic rings. The van der Waals surface area contributed by atoms with Crippen LogP contribution in [-0.2, 0) is 32.0 Å². The quantitative estimate of drug-likeness (QED) is 0.438. The average molecular weight is 475 g/mol. The van der Waals surface area contributed by atoms with Gasteiger partial charge in [0.25, 0.3) is 0 Å².